The molecule has 0 saturated heterocycles. The Hall–Kier alpha value is -1.35. The molecular formula is C18H29N3. The number of hydrogen-bond donors (Lipinski definition) is 1. The molecule has 21 heavy (non-hydrogen) atoms. The van der Waals surface area contributed by atoms with Gasteiger partial charge in [0.2, 0.25) is 0 Å². The predicted octanol–water partition coefficient (Wildman–Crippen LogP) is 4.44. The molecule has 0 radical (unpaired) electrons. The van der Waals surface area contributed by atoms with E-state index in [2.05, 4.69) is 50.5 Å². The van der Waals surface area contributed by atoms with Gasteiger partial charge in [-0.05, 0) is 42.9 Å². The van der Waals surface area contributed by atoms with Crippen molar-refractivity contribution in [3.63, 3.8) is 0 Å². The van der Waals surface area contributed by atoms with Crippen molar-refractivity contribution in [1.29, 1.82) is 0 Å². The summed E-state index contributed by atoms with van der Waals surface area (Å²) >= 11 is 0. The molecule has 116 valence electrons. The molecule has 0 aliphatic heterocycles. The van der Waals surface area contributed by atoms with Crippen LogP contribution in [0.3, 0.4) is 0 Å². The second-order valence-electron chi connectivity index (χ2n) is 6.38. The van der Waals surface area contributed by atoms with Gasteiger partial charge in [0.05, 0.1) is 17.1 Å². The lowest BCUT2D eigenvalue weighted by Crippen LogP contribution is -2.17. The number of fused-ring (bicyclic) bond motifs is 1. The zero-order valence-corrected chi connectivity index (χ0v) is 13.9. The van der Waals surface area contributed by atoms with Crippen molar-refractivity contribution in [2.45, 2.75) is 66.0 Å². The van der Waals surface area contributed by atoms with E-state index in [1.165, 1.54) is 11.1 Å². The zero-order valence-electron chi connectivity index (χ0n) is 13.9. The quantitative estimate of drug-likeness (QED) is 0.818. The van der Waals surface area contributed by atoms with Crippen molar-refractivity contribution in [2.24, 2.45) is 11.7 Å². The van der Waals surface area contributed by atoms with Gasteiger partial charge in [0.1, 0.15) is 5.82 Å². The molecule has 0 aliphatic carbocycles. The molecule has 0 amide bonds. The Labute approximate surface area is 128 Å². The Morgan fingerprint density at radius 2 is 1.95 bits per heavy atom. The first kappa shape index (κ1) is 16.0. The van der Waals surface area contributed by atoms with Gasteiger partial charge in [0, 0.05) is 6.54 Å². The first-order valence-electron chi connectivity index (χ1n) is 8.31. The third kappa shape index (κ3) is 3.65. The maximum atomic E-state index is 6.36. The largest absolute Gasteiger partial charge is 0.327 e. The Bertz CT molecular complexity index is 583. The summed E-state index contributed by atoms with van der Waals surface area (Å²) in [6.07, 6.45) is 4.29. The minimum Gasteiger partial charge on any atom is -0.327 e. The van der Waals surface area contributed by atoms with Gasteiger partial charge in [-0.3, -0.25) is 0 Å². The first-order chi connectivity index (χ1) is 10.1. The van der Waals surface area contributed by atoms with E-state index in [1.54, 1.807) is 0 Å². The lowest BCUT2D eigenvalue weighted by Gasteiger charge is -2.15. The van der Waals surface area contributed by atoms with Crippen LogP contribution in [0.15, 0.2) is 18.2 Å². The summed E-state index contributed by atoms with van der Waals surface area (Å²) in [6, 6.07) is 6.68. The molecule has 0 spiro atoms. The van der Waals surface area contributed by atoms with Crippen LogP contribution in [-0.4, -0.2) is 9.55 Å². The lowest BCUT2D eigenvalue weighted by molar-refractivity contribution is 0.490. The third-order valence-electron chi connectivity index (χ3n) is 4.11. The average Bonchev–Trinajstić information content (AvgIpc) is 2.82. The number of aromatic nitrogens is 2. The molecule has 1 heterocycles. The summed E-state index contributed by atoms with van der Waals surface area (Å²) in [5.74, 6) is 1.74. The van der Waals surface area contributed by atoms with Crippen LogP contribution in [0.2, 0.25) is 0 Å². The summed E-state index contributed by atoms with van der Waals surface area (Å²) in [7, 11) is 0. The van der Waals surface area contributed by atoms with Crippen molar-refractivity contribution in [3.8, 4) is 0 Å². The smallest absolute Gasteiger partial charge is 0.126 e. The minimum absolute atomic E-state index is 0.0413. The van der Waals surface area contributed by atoms with E-state index < -0.39 is 0 Å². The molecule has 1 atom stereocenters. The van der Waals surface area contributed by atoms with Crippen molar-refractivity contribution in [1.82, 2.24) is 9.55 Å². The number of nitrogens with two attached hydrogens (primary N) is 1. The Balaban J connectivity index is 2.45. The zero-order chi connectivity index (χ0) is 15.4. The highest BCUT2D eigenvalue weighted by atomic mass is 15.1. The van der Waals surface area contributed by atoms with Gasteiger partial charge in [-0.25, -0.2) is 4.98 Å². The van der Waals surface area contributed by atoms with E-state index >= 15 is 0 Å². The Morgan fingerprint density at radius 3 is 2.57 bits per heavy atom. The second-order valence-corrected chi connectivity index (χ2v) is 6.38. The molecule has 2 rings (SSSR count). The lowest BCUT2D eigenvalue weighted by atomic mass is 10.1. The normalized spacial score (nSPS) is 13.2. The van der Waals surface area contributed by atoms with Gasteiger partial charge in [-0.2, -0.15) is 0 Å². The highest BCUT2D eigenvalue weighted by molar-refractivity contribution is 5.77. The fourth-order valence-corrected chi connectivity index (χ4v) is 2.76. The molecule has 2 N–H and O–H groups in total. The fourth-order valence-electron chi connectivity index (χ4n) is 2.76. The van der Waals surface area contributed by atoms with E-state index in [0.717, 1.165) is 43.6 Å². The predicted molar refractivity (Wildman–Crippen MR) is 90.4 cm³/mol. The first-order valence-corrected chi connectivity index (χ1v) is 8.31. The maximum absolute atomic E-state index is 6.36. The molecule has 2 aromatic rings. The van der Waals surface area contributed by atoms with Crippen LogP contribution in [0, 0.1) is 5.92 Å². The molecule has 1 aromatic carbocycles. The molecule has 0 saturated carbocycles. The van der Waals surface area contributed by atoms with Crippen LogP contribution in [0.25, 0.3) is 11.0 Å². The van der Waals surface area contributed by atoms with E-state index in [-0.39, 0.29) is 6.04 Å². The summed E-state index contributed by atoms with van der Waals surface area (Å²) in [5.41, 5.74) is 10.0. The number of imidazole rings is 1. The van der Waals surface area contributed by atoms with Gasteiger partial charge < -0.3 is 10.3 Å². The molecule has 3 nitrogen and oxygen atoms in total. The molecule has 0 aliphatic rings. The number of nitrogens with zero attached hydrogens (tertiary/aromatic N) is 2. The number of aryl methyl sites for hydroxylation is 2. The number of hydrogen-bond acceptors (Lipinski definition) is 2. The molecule has 0 fully saturated rings. The molecular weight excluding hydrogens is 258 g/mol. The van der Waals surface area contributed by atoms with Crippen LogP contribution in [-0.2, 0) is 13.0 Å². The fraction of sp³-hybridized carbons (Fsp3) is 0.611. The highest BCUT2D eigenvalue weighted by Gasteiger charge is 2.16. The minimum atomic E-state index is 0.0413. The van der Waals surface area contributed by atoms with Gasteiger partial charge >= 0.3 is 0 Å². The summed E-state index contributed by atoms with van der Waals surface area (Å²) in [6.45, 7) is 9.89. The van der Waals surface area contributed by atoms with Gasteiger partial charge in [0.25, 0.3) is 0 Å². The Kier molecular flexibility index (Phi) is 5.40. The van der Waals surface area contributed by atoms with E-state index in [9.17, 15) is 0 Å². The molecule has 1 unspecified atom stereocenters. The summed E-state index contributed by atoms with van der Waals surface area (Å²) in [4.78, 5) is 4.86. The molecule has 1 aromatic heterocycles. The van der Waals surface area contributed by atoms with Crippen LogP contribution < -0.4 is 5.73 Å². The molecule has 3 heteroatoms. The Morgan fingerprint density at radius 1 is 1.19 bits per heavy atom. The van der Waals surface area contributed by atoms with Crippen LogP contribution >= 0.6 is 0 Å². The maximum Gasteiger partial charge on any atom is 0.126 e. The number of rotatable bonds is 7. The topological polar surface area (TPSA) is 43.8 Å². The SMILES string of the molecule is CCCC(N)c1nc2cc(CC)ccc2n1CCC(C)C. The van der Waals surface area contributed by atoms with Gasteiger partial charge in [-0.1, -0.05) is 40.2 Å². The number of benzene rings is 1. The van der Waals surface area contributed by atoms with Crippen molar-refractivity contribution >= 4 is 11.0 Å². The third-order valence-corrected chi connectivity index (χ3v) is 4.11. The van der Waals surface area contributed by atoms with Gasteiger partial charge in [-0.15, -0.1) is 0 Å². The van der Waals surface area contributed by atoms with Crippen molar-refractivity contribution in [3.05, 3.63) is 29.6 Å². The monoisotopic (exact) mass is 287 g/mol. The van der Waals surface area contributed by atoms with E-state index in [4.69, 9.17) is 10.7 Å². The second kappa shape index (κ2) is 7.08. The highest BCUT2D eigenvalue weighted by Crippen LogP contribution is 2.24. The standard InChI is InChI=1S/C18H29N3/c1-5-7-15(19)18-20-16-12-14(6-2)8-9-17(16)21(18)11-10-13(3)4/h8-9,12-13,15H,5-7,10-11,19H2,1-4H3. The summed E-state index contributed by atoms with van der Waals surface area (Å²) in [5, 5.41) is 0. The van der Waals surface area contributed by atoms with E-state index in [0.29, 0.717) is 5.92 Å². The van der Waals surface area contributed by atoms with Crippen LogP contribution in [0.4, 0.5) is 0 Å². The van der Waals surface area contributed by atoms with Gasteiger partial charge in [0.15, 0.2) is 0 Å². The average molecular weight is 287 g/mol. The van der Waals surface area contributed by atoms with Crippen molar-refractivity contribution < 1.29 is 0 Å². The van der Waals surface area contributed by atoms with Crippen LogP contribution in [0.1, 0.15) is 64.4 Å². The molecule has 0 bridgehead atoms. The van der Waals surface area contributed by atoms with E-state index in [1.807, 2.05) is 0 Å². The summed E-state index contributed by atoms with van der Waals surface area (Å²) < 4.78 is 2.34. The van der Waals surface area contributed by atoms with Crippen molar-refractivity contribution in [2.75, 3.05) is 0 Å². The van der Waals surface area contributed by atoms with Crippen LogP contribution in [0.5, 0.6) is 0 Å².